The van der Waals surface area contributed by atoms with Crippen LogP contribution < -0.4 is 23.2 Å². The molecule has 0 aliphatic carbocycles. The predicted octanol–water partition coefficient (Wildman–Crippen LogP) is -2.30. The van der Waals surface area contributed by atoms with E-state index in [9.17, 15) is 0 Å². The molecule has 0 bridgehead atoms. The maximum absolute atomic E-state index is 8.49. The van der Waals surface area contributed by atoms with Gasteiger partial charge in [-0.2, -0.15) is 4.57 Å². The van der Waals surface area contributed by atoms with E-state index in [1.807, 2.05) is 0 Å². The molecule has 1 heterocycles. The molecule has 0 spiro atoms. The first-order valence-corrected chi connectivity index (χ1v) is 6.56. The molecule has 0 unspecified atom stereocenters. The number of hydrogen-bond donors (Lipinski definition) is 0. The molecule has 18 heavy (non-hydrogen) atoms. The zero-order valence-corrected chi connectivity index (χ0v) is 10.9. The van der Waals surface area contributed by atoms with Gasteiger partial charge in [0.1, 0.15) is 6.54 Å². The van der Waals surface area contributed by atoms with Crippen molar-refractivity contribution in [1.29, 1.82) is 0 Å². The van der Waals surface area contributed by atoms with Gasteiger partial charge in [-0.05, 0) is 19.1 Å². The lowest BCUT2D eigenvalue weighted by atomic mass is 10.2. The summed E-state index contributed by atoms with van der Waals surface area (Å²) < 4.78 is 36.3. The molecule has 0 N–H and O–H groups in total. The smallest absolute Gasteiger partial charge is 0.212 e. The van der Waals surface area contributed by atoms with Crippen LogP contribution in [-0.4, -0.2) is 0 Å². The lowest BCUT2D eigenvalue weighted by molar-refractivity contribution is -2.00. The van der Waals surface area contributed by atoms with Gasteiger partial charge in [0.15, 0.2) is 5.69 Å². The van der Waals surface area contributed by atoms with E-state index in [2.05, 4.69) is 54.8 Å². The Morgan fingerprint density at radius 3 is 2.11 bits per heavy atom. The molecule has 0 saturated heterocycles. The maximum Gasteiger partial charge on any atom is 0.212 e. The van der Waals surface area contributed by atoms with Crippen LogP contribution >= 0.6 is 0 Å². The van der Waals surface area contributed by atoms with Crippen LogP contribution in [0.15, 0.2) is 36.4 Å². The second-order valence-electron chi connectivity index (χ2n) is 3.66. The topological polar surface area (TPSA) is 96.1 Å². The van der Waals surface area contributed by atoms with Crippen LogP contribution in [0, 0.1) is 17.2 Å². The van der Waals surface area contributed by atoms with Crippen LogP contribution in [0.5, 0.6) is 0 Å². The molecule has 0 amide bonds. The van der Waals surface area contributed by atoms with Gasteiger partial charge < -0.3 is 0 Å². The molecule has 0 atom stereocenters. The third kappa shape index (κ3) is 4.56. The summed E-state index contributed by atoms with van der Waals surface area (Å²) in [7, 11) is -4.94. The largest absolute Gasteiger partial charge is 0.222 e. The lowest BCUT2D eigenvalue weighted by Crippen LogP contribution is -2.68. The Balaban J connectivity index is 0.000000280. The summed E-state index contributed by atoms with van der Waals surface area (Å²) in [6, 6.07) is 12.8. The highest BCUT2D eigenvalue weighted by Gasteiger charge is 2.08. The molecule has 2 rings (SSSR count). The zero-order chi connectivity index (χ0) is 13.8. The van der Waals surface area contributed by atoms with Crippen LogP contribution in [0.4, 0.5) is 0 Å². The maximum atomic E-state index is 8.49. The van der Waals surface area contributed by atoms with Gasteiger partial charge in [0.05, 0.1) is 0 Å². The SMILES string of the molecule is CC[n+]1c(C)ccc2ccccc21.[O-][Cl+3]([O-])([O-])[O-]. The molecule has 0 saturated carbocycles. The van der Waals surface area contributed by atoms with Crippen LogP contribution in [-0.2, 0) is 6.54 Å². The first kappa shape index (κ1) is 14.8. The lowest BCUT2D eigenvalue weighted by Gasteiger charge is -2.17. The summed E-state index contributed by atoms with van der Waals surface area (Å²) in [5.41, 5.74) is 2.64. The minimum atomic E-state index is -4.94. The second-order valence-corrected chi connectivity index (χ2v) is 4.41. The first-order valence-electron chi connectivity index (χ1n) is 5.33. The van der Waals surface area contributed by atoms with Crippen molar-refractivity contribution in [3.05, 3.63) is 42.1 Å². The standard InChI is InChI=1S/C12H14N.ClHO4/c1-3-13-10(2)8-9-11-6-4-5-7-12(11)13;2-1(3,4)5/h4-9H,3H2,1-2H3;(H,2,3,4,5)/q+1;/p-1. The Kier molecular flexibility index (Phi) is 5.01. The number of halogens is 1. The fourth-order valence-electron chi connectivity index (χ4n) is 1.78. The normalized spacial score (nSPS) is 11.0. The van der Waals surface area contributed by atoms with E-state index in [-0.39, 0.29) is 0 Å². The molecule has 0 radical (unpaired) electrons. The summed E-state index contributed by atoms with van der Waals surface area (Å²) in [4.78, 5) is 0. The minimum absolute atomic E-state index is 1.03. The quantitative estimate of drug-likeness (QED) is 0.545. The number of fused-ring (bicyclic) bond motifs is 1. The molecule has 5 nitrogen and oxygen atoms in total. The fraction of sp³-hybridized carbons (Fsp3) is 0.250. The molecule has 2 aromatic rings. The summed E-state index contributed by atoms with van der Waals surface area (Å²) in [5.74, 6) is 0. The Morgan fingerprint density at radius 2 is 1.56 bits per heavy atom. The van der Waals surface area contributed by atoms with E-state index in [1.165, 1.54) is 16.6 Å². The fourth-order valence-corrected chi connectivity index (χ4v) is 1.78. The van der Waals surface area contributed by atoms with Gasteiger partial charge in [-0.1, -0.05) is 12.1 Å². The average molecular weight is 272 g/mol. The number of benzene rings is 1. The van der Waals surface area contributed by atoms with Crippen molar-refractivity contribution < 1.29 is 33.4 Å². The number of nitrogens with zero attached hydrogens (tertiary/aromatic N) is 1. The molecule has 98 valence electrons. The van der Waals surface area contributed by atoms with E-state index in [0.29, 0.717) is 0 Å². The molecular formula is C12H14ClNO4. The molecule has 1 aromatic carbocycles. The highest BCUT2D eigenvalue weighted by Crippen LogP contribution is 2.09. The van der Waals surface area contributed by atoms with Crippen molar-refractivity contribution in [1.82, 2.24) is 0 Å². The van der Waals surface area contributed by atoms with Crippen LogP contribution in [0.1, 0.15) is 12.6 Å². The van der Waals surface area contributed by atoms with E-state index in [0.717, 1.165) is 6.54 Å². The van der Waals surface area contributed by atoms with Gasteiger partial charge >= 0.3 is 0 Å². The number of rotatable bonds is 1. The monoisotopic (exact) mass is 271 g/mol. The third-order valence-corrected chi connectivity index (χ3v) is 2.47. The van der Waals surface area contributed by atoms with E-state index in [4.69, 9.17) is 18.6 Å². The zero-order valence-electron chi connectivity index (χ0n) is 10.1. The Labute approximate surface area is 107 Å². The average Bonchev–Trinajstić information content (AvgIpc) is 2.27. The Hall–Kier alpha value is -1.24. The van der Waals surface area contributed by atoms with Gasteiger partial charge in [0.2, 0.25) is 5.52 Å². The summed E-state index contributed by atoms with van der Waals surface area (Å²) in [5, 5.41) is 1.31. The Morgan fingerprint density at radius 1 is 1.00 bits per heavy atom. The van der Waals surface area contributed by atoms with Crippen LogP contribution in [0.3, 0.4) is 0 Å². The van der Waals surface area contributed by atoms with Crippen LogP contribution in [0.25, 0.3) is 10.9 Å². The summed E-state index contributed by atoms with van der Waals surface area (Å²) in [6.07, 6.45) is 0. The number of hydrogen-bond acceptors (Lipinski definition) is 4. The molecule has 0 aliphatic heterocycles. The number of para-hydroxylation sites is 1. The Bertz CT molecular complexity index is 519. The molecular weight excluding hydrogens is 258 g/mol. The van der Waals surface area contributed by atoms with E-state index < -0.39 is 10.2 Å². The molecule has 1 aromatic heterocycles. The third-order valence-electron chi connectivity index (χ3n) is 2.47. The summed E-state index contributed by atoms with van der Waals surface area (Å²) in [6.45, 7) is 5.36. The number of aryl methyl sites for hydroxylation is 2. The number of aromatic nitrogens is 1. The van der Waals surface area contributed by atoms with Crippen LogP contribution in [0.2, 0.25) is 0 Å². The second kappa shape index (κ2) is 6.08. The van der Waals surface area contributed by atoms with Crippen molar-refractivity contribution in [3.8, 4) is 0 Å². The molecule has 0 fully saturated rings. The van der Waals surface area contributed by atoms with Crippen molar-refractivity contribution >= 4 is 10.9 Å². The first-order chi connectivity index (χ1) is 8.33. The van der Waals surface area contributed by atoms with Gasteiger partial charge in [-0.25, -0.2) is 18.6 Å². The van der Waals surface area contributed by atoms with Crippen molar-refractivity contribution in [3.63, 3.8) is 0 Å². The van der Waals surface area contributed by atoms with Gasteiger partial charge in [-0.15, -0.1) is 10.2 Å². The van der Waals surface area contributed by atoms with Gasteiger partial charge in [0, 0.05) is 24.4 Å². The minimum Gasteiger partial charge on any atom is -0.222 e. The highest BCUT2D eigenvalue weighted by atomic mass is 35.7. The summed E-state index contributed by atoms with van der Waals surface area (Å²) >= 11 is 0. The van der Waals surface area contributed by atoms with Gasteiger partial charge in [0.25, 0.3) is 0 Å². The van der Waals surface area contributed by atoms with E-state index in [1.54, 1.807) is 0 Å². The van der Waals surface area contributed by atoms with E-state index >= 15 is 0 Å². The van der Waals surface area contributed by atoms with Crippen molar-refractivity contribution in [2.45, 2.75) is 20.4 Å². The van der Waals surface area contributed by atoms with Gasteiger partial charge in [-0.3, -0.25) is 0 Å². The molecule has 6 heteroatoms. The molecule has 0 aliphatic rings. The highest BCUT2D eigenvalue weighted by molar-refractivity contribution is 5.75. The number of pyridine rings is 1. The van der Waals surface area contributed by atoms with Crippen molar-refractivity contribution in [2.75, 3.05) is 0 Å². The van der Waals surface area contributed by atoms with Crippen molar-refractivity contribution in [2.24, 2.45) is 0 Å². The predicted molar refractivity (Wildman–Crippen MR) is 54.6 cm³/mol.